The van der Waals surface area contributed by atoms with Gasteiger partial charge in [0.2, 0.25) is 0 Å². The lowest BCUT2D eigenvalue weighted by molar-refractivity contribution is 1.03. The van der Waals surface area contributed by atoms with Crippen molar-refractivity contribution in [2.75, 3.05) is 0 Å². The van der Waals surface area contributed by atoms with E-state index in [9.17, 15) is 0 Å². The Morgan fingerprint density at radius 2 is 1.37 bits per heavy atom. The van der Waals surface area contributed by atoms with Gasteiger partial charge in [0.1, 0.15) is 5.49 Å². The Labute approximate surface area is 163 Å². The number of hydrogen-bond acceptors (Lipinski definition) is 2. The Balaban J connectivity index is 1.96. The summed E-state index contributed by atoms with van der Waals surface area (Å²) in [6.07, 6.45) is 3.67. The lowest BCUT2D eigenvalue weighted by atomic mass is 9.50. The van der Waals surface area contributed by atoms with Gasteiger partial charge in [-0.2, -0.15) is 0 Å². The molecule has 0 aliphatic heterocycles. The highest BCUT2D eigenvalue weighted by atomic mass is 35.5. The Kier molecular flexibility index (Phi) is 5.17. The highest BCUT2D eigenvalue weighted by Gasteiger charge is 2.22. The molecule has 130 valence electrons. The molecule has 2 heterocycles. The van der Waals surface area contributed by atoms with Crippen molar-refractivity contribution in [1.82, 2.24) is 9.46 Å². The van der Waals surface area contributed by atoms with Crippen LogP contribution >= 0.6 is 11.6 Å². The molecular weight excluding hydrogens is 353 g/mol. The van der Waals surface area contributed by atoms with E-state index in [1.54, 1.807) is 6.20 Å². The first-order chi connectivity index (χ1) is 13.3. The molecule has 0 atom stereocenters. The lowest BCUT2D eigenvalue weighted by Crippen LogP contribution is -2.52. The summed E-state index contributed by atoms with van der Waals surface area (Å²) in [5.41, 5.74) is 3.11. The number of nitrogens with zero attached hydrogens (tertiary/aromatic N) is 3. The van der Waals surface area contributed by atoms with Crippen LogP contribution in [0.5, 0.6) is 0 Å². The maximum absolute atomic E-state index is 6.36. The molecule has 0 aliphatic rings. The van der Waals surface area contributed by atoms with Crippen LogP contribution in [0.1, 0.15) is 0 Å². The molecule has 27 heavy (non-hydrogen) atoms. The third kappa shape index (κ3) is 4.02. The third-order valence-corrected chi connectivity index (χ3v) is 4.53. The fourth-order valence-electron chi connectivity index (χ4n) is 3.11. The minimum Gasteiger partial charge on any atom is -0.366 e. The first-order valence-electron chi connectivity index (χ1n) is 8.74. The van der Waals surface area contributed by atoms with Crippen LogP contribution in [0.4, 0.5) is 5.82 Å². The van der Waals surface area contributed by atoms with E-state index in [1.165, 1.54) is 0 Å². The molecule has 0 radical (unpaired) electrons. The number of pyridine rings is 2. The SMILES string of the molecule is Clc1ccc(=Nc2ccccn2)n(B(c2ccccc2)c2ccccc2)c1. The molecule has 0 aliphatic carbocycles. The minimum absolute atomic E-state index is 0.0476. The van der Waals surface area contributed by atoms with E-state index in [4.69, 9.17) is 16.6 Å². The van der Waals surface area contributed by atoms with Crippen molar-refractivity contribution in [2.24, 2.45) is 4.99 Å². The van der Waals surface area contributed by atoms with Crippen molar-refractivity contribution < 1.29 is 0 Å². The van der Waals surface area contributed by atoms with Gasteiger partial charge in [-0.3, -0.25) is 0 Å². The Bertz CT molecular complexity index is 1040. The van der Waals surface area contributed by atoms with Crippen LogP contribution in [0, 0.1) is 0 Å². The van der Waals surface area contributed by atoms with Crippen molar-refractivity contribution in [1.29, 1.82) is 0 Å². The fraction of sp³-hybridized carbons (Fsp3) is 0. The maximum Gasteiger partial charge on any atom is 0.329 e. The number of aromatic nitrogens is 2. The third-order valence-electron chi connectivity index (χ3n) is 4.31. The van der Waals surface area contributed by atoms with Crippen molar-refractivity contribution in [3.8, 4) is 0 Å². The average molecular weight is 370 g/mol. The normalized spacial score (nSPS) is 11.4. The molecule has 4 rings (SSSR count). The van der Waals surface area contributed by atoms with Crippen LogP contribution in [0.15, 0.2) is 108 Å². The molecule has 0 saturated carbocycles. The quantitative estimate of drug-likeness (QED) is 0.507. The van der Waals surface area contributed by atoms with Gasteiger partial charge in [0, 0.05) is 12.4 Å². The second-order valence-corrected chi connectivity index (χ2v) is 6.57. The van der Waals surface area contributed by atoms with E-state index in [0.29, 0.717) is 10.8 Å². The first kappa shape index (κ1) is 17.3. The zero-order valence-electron chi connectivity index (χ0n) is 14.6. The van der Waals surface area contributed by atoms with Gasteiger partial charge in [-0.25, -0.2) is 9.98 Å². The molecular formula is C22H17BClN3. The fourth-order valence-corrected chi connectivity index (χ4v) is 3.27. The van der Waals surface area contributed by atoms with Gasteiger partial charge in [0.25, 0.3) is 0 Å². The van der Waals surface area contributed by atoms with Crippen molar-refractivity contribution in [3.63, 3.8) is 0 Å². The van der Waals surface area contributed by atoms with E-state index in [0.717, 1.165) is 16.4 Å². The zero-order valence-corrected chi connectivity index (χ0v) is 15.4. The lowest BCUT2D eigenvalue weighted by Gasteiger charge is -2.19. The van der Waals surface area contributed by atoms with Gasteiger partial charge in [-0.1, -0.05) is 89.3 Å². The Morgan fingerprint density at radius 3 is 1.96 bits per heavy atom. The largest absolute Gasteiger partial charge is 0.366 e. The summed E-state index contributed by atoms with van der Waals surface area (Å²) in [7, 11) is 0. The van der Waals surface area contributed by atoms with Crippen LogP contribution < -0.4 is 16.4 Å². The van der Waals surface area contributed by atoms with Crippen LogP contribution in [0.25, 0.3) is 0 Å². The maximum atomic E-state index is 6.36. The molecule has 3 nitrogen and oxygen atoms in total. The summed E-state index contributed by atoms with van der Waals surface area (Å²) in [4.78, 5) is 9.08. The second-order valence-electron chi connectivity index (χ2n) is 6.14. The summed E-state index contributed by atoms with van der Waals surface area (Å²) in [5, 5.41) is 0.659. The van der Waals surface area contributed by atoms with Crippen LogP contribution in [-0.4, -0.2) is 16.3 Å². The molecule has 2 aromatic heterocycles. The molecule has 0 N–H and O–H groups in total. The predicted molar refractivity (Wildman–Crippen MR) is 112 cm³/mol. The number of halogens is 1. The highest BCUT2D eigenvalue weighted by Crippen LogP contribution is 2.07. The average Bonchev–Trinajstić information content (AvgIpc) is 2.73. The van der Waals surface area contributed by atoms with Crippen LogP contribution in [0.2, 0.25) is 5.02 Å². The number of benzene rings is 2. The molecule has 0 bridgehead atoms. The highest BCUT2D eigenvalue weighted by molar-refractivity contribution is 6.83. The number of hydrogen-bond donors (Lipinski definition) is 0. The smallest absolute Gasteiger partial charge is 0.329 e. The standard InChI is InChI=1S/C22H17BClN3/c24-20-14-15-22(26-21-13-7-8-16-25-21)27(17-20)23(18-9-3-1-4-10-18)19-11-5-2-6-12-19/h1-17H. The number of rotatable bonds is 4. The van der Waals surface area contributed by atoms with E-state index in [2.05, 4.69) is 33.7 Å². The Hall–Kier alpha value is -3.11. The molecule has 0 saturated heterocycles. The minimum atomic E-state index is -0.0476. The molecule has 0 amide bonds. The Morgan fingerprint density at radius 1 is 0.741 bits per heavy atom. The van der Waals surface area contributed by atoms with Crippen LogP contribution in [0.3, 0.4) is 0 Å². The molecule has 2 aromatic carbocycles. The van der Waals surface area contributed by atoms with Crippen molar-refractivity contribution >= 4 is 35.2 Å². The molecule has 0 spiro atoms. The van der Waals surface area contributed by atoms with E-state index >= 15 is 0 Å². The van der Waals surface area contributed by atoms with Crippen molar-refractivity contribution in [3.05, 3.63) is 114 Å². The summed E-state index contributed by atoms with van der Waals surface area (Å²) >= 11 is 6.36. The molecule has 0 fully saturated rings. The summed E-state index contributed by atoms with van der Waals surface area (Å²) in [5.74, 6) is 0.661. The monoisotopic (exact) mass is 369 g/mol. The van der Waals surface area contributed by atoms with Crippen LogP contribution in [-0.2, 0) is 0 Å². The summed E-state index contributed by atoms with van der Waals surface area (Å²) in [6.45, 7) is -0.0476. The van der Waals surface area contributed by atoms with Gasteiger partial charge in [0.05, 0.1) is 5.02 Å². The topological polar surface area (TPSA) is 30.2 Å². The summed E-state index contributed by atoms with van der Waals surface area (Å²) < 4.78 is 2.10. The molecule has 4 aromatic rings. The molecule has 0 unspecified atom stereocenters. The van der Waals surface area contributed by atoms with Gasteiger partial charge in [0.15, 0.2) is 5.82 Å². The summed E-state index contributed by atoms with van der Waals surface area (Å²) in [6, 6.07) is 30.2. The van der Waals surface area contributed by atoms with Gasteiger partial charge in [-0.15, -0.1) is 0 Å². The zero-order chi connectivity index (χ0) is 18.5. The van der Waals surface area contributed by atoms with Crippen molar-refractivity contribution in [2.45, 2.75) is 0 Å². The van der Waals surface area contributed by atoms with E-state index in [1.807, 2.05) is 72.9 Å². The van der Waals surface area contributed by atoms with Gasteiger partial charge < -0.3 is 4.48 Å². The van der Waals surface area contributed by atoms with Gasteiger partial charge in [-0.05, 0) is 24.3 Å². The second kappa shape index (κ2) is 8.06. The van der Waals surface area contributed by atoms with E-state index < -0.39 is 0 Å². The first-order valence-corrected chi connectivity index (χ1v) is 9.12. The predicted octanol–water partition coefficient (Wildman–Crippen LogP) is 3.42. The van der Waals surface area contributed by atoms with E-state index in [-0.39, 0.29) is 6.85 Å². The molecule has 5 heteroatoms. The van der Waals surface area contributed by atoms with Gasteiger partial charge >= 0.3 is 6.85 Å².